The van der Waals surface area contributed by atoms with Crippen LogP contribution in [0.2, 0.25) is 0 Å². The maximum absolute atomic E-state index is 9.38. The van der Waals surface area contributed by atoms with Gasteiger partial charge in [-0.2, -0.15) is 0 Å². The summed E-state index contributed by atoms with van der Waals surface area (Å²) in [5, 5.41) is 16.5. The van der Waals surface area contributed by atoms with E-state index < -0.39 is 0 Å². The normalized spacial score (nSPS) is 19.7. The number of nitrogens with one attached hydrogen (secondary N) is 2. The molecule has 7 heteroatoms. The van der Waals surface area contributed by atoms with Gasteiger partial charge in [-0.05, 0) is 43.4 Å². The SMILES string of the molecule is CN=C(NCCCc1ccc(O)cc1)NCC1(CN2CCOCC2)CCCCC1.I. The Hall–Kier alpha value is -1.06. The van der Waals surface area contributed by atoms with Crippen molar-refractivity contribution in [3.8, 4) is 5.75 Å². The molecule has 1 aliphatic heterocycles. The topological polar surface area (TPSA) is 69.1 Å². The number of nitrogens with zero attached hydrogens (tertiary/aromatic N) is 2. The molecule has 2 aliphatic rings. The Bertz CT molecular complexity index is 627. The van der Waals surface area contributed by atoms with Crippen LogP contribution in [-0.2, 0) is 11.2 Å². The number of aryl methyl sites for hydroxylation is 1. The molecule has 0 aromatic heterocycles. The Balaban J connectivity index is 0.00000320. The van der Waals surface area contributed by atoms with Crippen molar-refractivity contribution in [2.75, 3.05) is 53.0 Å². The van der Waals surface area contributed by atoms with Crippen LogP contribution in [0.25, 0.3) is 0 Å². The van der Waals surface area contributed by atoms with Crippen molar-refractivity contribution in [1.29, 1.82) is 0 Å². The summed E-state index contributed by atoms with van der Waals surface area (Å²) in [7, 11) is 1.85. The second-order valence-corrected chi connectivity index (χ2v) is 8.57. The Kier molecular flexibility index (Phi) is 11.2. The molecule has 30 heavy (non-hydrogen) atoms. The number of hydrogen-bond acceptors (Lipinski definition) is 4. The Morgan fingerprint density at radius 3 is 2.47 bits per heavy atom. The highest BCUT2D eigenvalue weighted by Crippen LogP contribution is 2.36. The van der Waals surface area contributed by atoms with E-state index in [2.05, 4.69) is 20.5 Å². The molecule has 1 saturated heterocycles. The molecule has 1 aromatic rings. The lowest BCUT2D eigenvalue weighted by Crippen LogP contribution is -2.51. The van der Waals surface area contributed by atoms with E-state index in [1.54, 1.807) is 12.1 Å². The maximum Gasteiger partial charge on any atom is 0.190 e. The van der Waals surface area contributed by atoms with Crippen molar-refractivity contribution in [1.82, 2.24) is 15.5 Å². The van der Waals surface area contributed by atoms with Gasteiger partial charge in [0, 0.05) is 45.2 Å². The highest BCUT2D eigenvalue weighted by atomic mass is 127. The third kappa shape index (κ3) is 8.23. The molecule has 0 atom stereocenters. The minimum Gasteiger partial charge on any atom is -0.508 e. The van der Waals surface area contributed by atoms with Crippen LogP contribution < -0.4 is 10.6 Å². The van der Waals surface area contributed by atoms with Gasteiger partial charge in [0.25, 0.3) is 0 Å². The van der Waals surface area contributed by atoms with Crippen molar-refractivity contribution < 1.29 is 9.84 Å². The fraction of sp³-hybridized carbons (Fsp3) is 0.696. The van der Waals surface area contributed by atoms with Crippen LogP contribution in [-0.4, -0.2) is 69.0 Å². The zero-order valence-electron chi connectivity index (χ0n) is 18.4. The molecule has 3 rings (SSSR count). The number of morpholine rings is 1. The van der Waals surface area contributed by atoms with Gasteiger partial charge in [0.15, 0.2) is 5.96 Å². The largest absolute Gasteiger partial charge is 0.508 e. The molecular formula is C23H39IN4O2. The van der Waals surface area contributed by atoms with Crippen LogP contribution in [0.4, 0.5) is 0 Å². The third-order valence-electron chi connectivity index (χ3n) is 6.30. The van der Waals surface area contributed by atoms with Crippen LogP contribution in [0.3, 0.4) is 0 Å². The van der Waals surface area contributed by atoms with Gasteiger partial charge in [-0.25, -0.2) is 0 Å². The molecule has 1 aromatic carbocycles. The number of rotatable bonds is 8. The molecule has 2 fully saturated rings. The fourth-order valence-electron chi connectivity index (χ4n) is 4.58. The molecular weight excluding hydrogens is 491 g/mol. The maximum atomic E-state index is 9.38. The predicted octanol–water partition coefficient (Wildman–Crippen LogP) is 3.39. The Morgan fingerprint density at radius 2 is 1.80 bits per heavy atom. The van der Waals surface area contributed by atoms with Gasteiger partial charge in [0.2, 0.25) is 0 Å². The molecule has 0 amide bonds. The molecule has 0 bridgehead atoms. The summed E-state index contributed by atoms with van der Waals surface area (Å²) in [4.78, 5) is 7.02. The van der Waals surface area contributed by atoms with Gasteiger partial charge in [-0.1, -0.05) is 31.4 Å². The van der Waals surface area contributed by atoms with E-state index in [0.717, 1.165) is 58.2 Å². The van der Waals surface area contributed by atoms with Gasteiger partial charge in [0.1, 0.15) is 5.75 Å². The second-order valence-electron chi connectivity index (χ2n) is 8.57. The van der Waals surface area contributed by atoms with Crippen molar-refractivity contribution in [2.45, 2.75) is 44.9 Å². The number of guanidine groups is 1. The molecule has 0 spiro atoms. The van der Waals surface area contributed by atoms with E-state index in [4.69, 9.17) is 4.74 Å². The van der Waals surface area contributed by atoms with E-state index in [-0.39, 0.29) is 24.0 Å². The number of ether oxygens (including phenoxy) is 1. The zero-order valence-corrected chi connectivity index (χ0v) is 20.7. The average Bonchev–Trinajstić information content (AvgIpc) is 2.76. The number of aliphatic imine (C=N–C) groups is 1. The van der Waals surface area contributed by atoms with Gasteiger partial charge < -0.3 is 20.5 Å². The molecule has 170 valence electrons. The molecule has 1 aliphatic carbocycles. The van der Waals surface area contributed by atoms with Crippen molar-refractivity contribution in [3.63, 3.8) is 0 Å². The number of phenols is 1. The summed E-state index contributed by atoms with van der Waals surface area (Å²) in [5.41, 5.74) is 1.60. The number of halogens is 1. The summed E-state index contributed by atoms with van der Waals surface area (Å²) >= 11 is 0. The first kappa shape index (κ1) is 25.2. The number of hydrogen-bond donors (Lipinski definition) is 3. The van der Waals surface area contributed by atoms with Crippen LogP contribution in [0.1, 0.15) is 44.1 Å². The first-order chi connectivity index (χ1) is 14.2. The van der Waals surface area contributed by atoms with Crippen molar-refractivity contribution in [3.05, 3.63) is 29.8 Å². The molecule has 0 radical (unpaired) electrons. The third-order valence-corrected chi connectivity index (χ3v) is 6.30. The van der Waals surface area contributed by atoms with E-state index in [1.165, 1.54) is 44.2 Å². The van der Waals surface area contributed by atoms with E-state index in [1.807, 2.05) is 19.2 Å². The lowest BCUT2D eigenvalue weighted by Gasteiger charge is -2.42. The second kappa shape index (κ2) is 13.4. The summed E-state index contributed by atoms with van der Waals surface area (Å²) in [6.45, 7) is 6.90. The lowest BCUT2D eigenvalue weighted by molar-refractivity contribution is 0.00820. The van der Waals surface area contributed by atoms with Gasteiger partial charge in [-0.3, -0.25) is 9.89 Å². The standard InChI is InChI=1S/C23H38N4O2.HI/c1-24-22(25-13-5-6-20-7-9-21(28)10-8-20)26-18-23(11-3-2-4-12-23)19-27-14-16-29-17-15-27;/h7-10,28H,2-6,11-19H2,1H3,(H2,24,25,26);1H. The lowest BCUT2D eigenvalue weighted by atomic mass is 9.73. The Labute approximate surface area is 198 Å². The van der Waals surface area contributed by atoms with E-state index in [0.29, 0.717) is 11.2 Å². The van der Waals surface area contributed by atoms with Crippen molar-refractivity contribution in [2.24, 2.45) is 10.4 Å². The minimum atomic E-state index is 0. The number of phenolic OH excluding ortho intramolecular Hbond substituents is 1. The predicted molar refractivity (Wildman–Crippen MR) is 134 cm³/mol. The van der Waals surface area contributed by atoms with Crippen molar-refractivity contribution >= 4 is 29.9 Å². The molecule has 0 unspecified atom stereocenters. The molecule has 1 heterocycles. The van der Waals surface area contributed by atoms with E-state index >= 15 is 0 Å². The van der Waals surface area contributed by atoms with Gasteiger partial charge in [-0.15, -0.1) is 24.0 Å². The summed E-state index contributed by atoms with van der Waals surface area (Å²) in [6.07, 6.45) is 8.67. The minimum absolute atomic E-state index is 0. The zero-order chi connectivity index (χ0) is 20.4. The van der Waals surface area contributed by atoms with Crippen LogP contribution in [0, 0.1) is 5.41 Å². The van der Waals surface area contributed by atoms with Gasteiger partial charge >= 0.3 is 0 Å². The molecule has 3 N–H and O–H groups in total. The van der Waals surface area contributed by atoms with E-state index in [9.17, 15) is 5.11 Å². The van der Waals surface area contributed by atoms with Crippen LogP contribution in [0.15, 0.2) is 29.3 Å². The highest BCUT2D eigenvalue weighted by molar-refractivity contribution is 14.0. The Morgan fingerprint density at radius 1 is 1.10 bits per heavy atom. The molecule has 6 nitrogen and oxygen atoms in total. The monoisotopic (exact) mass is 530 g/mol. The molecule has 1 saturated carbocycles. The average molecular weight is 530 g/mol. The summed E-state index contributed by atoms with van der Waals surface area (Å²) in [5.74, 6) is 1.23. The number of benzene rings is 1. The fourth-order valence-corrected chi connectivity index (χ4v) is 4.58. The highest BCUT2D eigenvalue weighted by Gasteiger charge is 2.34. The van der Waals surface area contributed by atoms with Crippen LogP contribution in [0.5, 0.6) is 5.75 Å². The first-order valence-electron chi connectivity index (χ1n) is 11.2. The smallest absolute Gasteiger partial charge is 0.190 e. The first-order valence-corrected chi connectivity index (χ1v) is 11.2. The quantitative estimate of drug-likeness (QED) is 0.208. The number of aromatic hydroxyl groups is 1. The van der Waals surface area contributed by atoms with Gasteiger partial charge in [0.05, 0.1) is 13.2 Å². The van der Waals surface area contributed by atoms with Crippen LogP contribution >= 0.6 is 24.0 Å². The summed E-state index contributed by atoms with van der Waals surface area (Å²) in [6, 6.07) is 7.48. The summed E-state index contributed by atoms with van der Waals surface area (Å²) < 4.78 is 5.53.